The summed E-state index contributed by atoms with van der Waals surface area (Å²) in [5.74, 6) is 3.59. The molecular weight excluding hydrogens is 216 g/mol. The van der Waals surface area contributed by atoms with Gasteiger partial charge in [0.15, 0.2) is 0 Å². The van der Waals surface area contributed by atoms with E-state index in [9.17, 15) is 0 Å². The summed E-state index contributed by atoms with van der Waals surface area (Å²) in [5.41, 5.74) is 6.17. The molecule has 0 radical (unpaired) electrons. The smallest absolute Gasteiger partial charge is 0.0599 e. The van der Waals surface area contributed by atoms with Crippen molar-refractivity contribution in [1.29, 1.82) is 0 Å². The first-order valence-electron chi connectivity index (χ1n) is 5.74. The molecule has 1 aromatic rings. The summed E-state index contributed by atoms with van der Waals surface area (Å²) in [6.45, 7) is 2.71. The number of hydrogen-bond acceptors (Lipinski definition) is 3. The minimum atomic E-state index is 0.104. The fourth-order valence-corrected chi connectivity index (χ4v) is 2.59. The van der Waals surface area contributed by atoms with E-state index in [0.717, 1.165) is 25.6 Å². The Morgan fingerprint density at radius 2 is 2.44 bits per heavy atom. The average molecular weight is 234 g/mol. The summed E-state index contributed by atoms with van der Waals surface area (Å²) < 4.78 is 0. The average Bonchev–Trinajstić information content (AvgIpc) is 2.91. The summed E-state index contributed by atoms with van der Waals surface area (Å²) >= 11 is 1.72. The monoisotopic (exact) mass is 234 g/mol. The van der Waals surface area contributed by atoms with Crippen LogP contribution in [0.5, 0.6) is 0 Å². The van der Waals surface area contributed by atoms with E-state index >= 15 is 0 Å². The first kappa shape index (κ1) is 11.7. The van der Waals surface area contributed by atoms with Crippen molar-refractivity contribution in [2.75, 3.05) is 19.6 Å². The lowest BCUT2D eigenvalue weighted by atomic mass is 10.2. The summed E-state index contributed by atoms with van der Waals surface area (Å²) in [4.78, 5) is 3.56. The van der Waals surface area contributed by atoms with Gasteiger partial charge in [-0.05, 0) is 30.2 Å². The minimum absolute atomic E-state index is 0.104. The van der Waals surface area contributed by atoms with Gasteiger partial charge in [0, 0.05) is 18.0 Å². The Hall–Kier alpha value is -0.820. The van der Waals surface area contributed by atoms with Gasteiger partial charge in [0.2, 0.25) is 0 Å². The zero-order chi connectivity index (χ0) is 11.4. The summed E-state index contributed by atoms with van der Waals surface area (Å²) in [7, 11) is 0. The van der Waals surface area contributed by atoms with E-state index in [-0.39, 0.29) is 6.04 Å². The number of terminal acetylenes is 1. The zero-order valence-electron chi connectivity index (χ0n) is 9.43. The molecule has 0 amide bonds. The molecule has 1 heterocycles. The summed E-state index contributed by atoms with van der Waals surface area (Å²) in [6, 6.07) is 4.25. The van der Waals surface area contributed by atoms with Crippen molar-refractivity contribution in [3.05, 3.63) is 22.4 Å². The molecular formula is C13H18N2S. The van der Waals surface area contributed by atoms with Crippen LogP contribution >= 0.6 is 11.3 Å². The van der Waals surface area contributed by atoms with Crippen molar-refractivity contribution >= 4 is 11.3 Å². The van der Waals surface area contributed by atoms with E-state index in [1.165, 1.54) is 17.7 Å². The Balaban J connectivity index is 1.86. The topological polar surface area (TPSA) is 29.3 Å². The largest absolute Gasteiger partial charge is 0.322 e. The predicted molar refractivity (Wildman–Crippen MR) is 69.2 cm³/mol. The van der Waals surface area contributed by atoms with E-state index in [1.54, 1.807) is 11.3 Å². The number of thiophene rings is 1. The maximum Gasteiger partial charge on any atom is 0.0599 e. The summed E-state index contributed by atoms with van der Waals surface area (Å²) in [6.07, 6.45) is 8.10. The Morgan fingerprint density at radius 3 is 3.00 bits per heavy atom. The van der Waals surface area contributed by atoms with Crippen LogP contribution in [0, 0.1) is 18.3 Å². The van der Waals surface area contributed by atoms with E-state index in [1.807, 2.05) is 6.07 Å². The molecule has 86 valence electrons. The molecule has 1 saturated carbocycles. The molecule has 1 aliphatic rings. The van der Waals surface area contributed by atoms with Gasteiger partial charge in [-0.3, -0.25) is 4.90 Å². The molecule has 1 aliphatic carbocycles. The van der Waals surface area contributed by atoms with Crippen LogP contribution in [-0.4, -0.2) is 24.5 Å². The molecule has 0 aromatic carbocycles. The molecule has 16 heavy (non-hydrogen) atoms. The molecule has 0 spiro atoms. The van der Waals surface area contributed by atoms with Crippen molar-refractivity contribution in [3.8, 4) is 12.3 Å². The fraction of sp³-hybridized carbons (Fsp3) is 0.538. The maximum absolute atomic E-state index is 6.17. The minimum Gasteiger partial charge on any atom is -0.322 e. The number of rotatable bonds is 6. The van der Waals surface area contributed by atoms with E-state index in [0.29, 0.717) is 0 Å². The van der Waals surface area contributed by atoms with Gasteiger partial charge in [0.05, 0.1) is 12.6 Å². The molecule has 1 fully saturated rings. The van der Waals surface area contributed by atoms with Crippen molar-refractivity contribution in [2.24, 2.45) is 11.7 Å². The lowest BCUT2D eigenvalue weighted by Crippen LogP contribution is -2.33. The van der Waals surface area contributed by atoms with Crippen molar-refractivity contribution in [1.82, 2.24) is 4.90 Å². The third kappa shape index (κ3) is 3.34. The van der Waals surface area contributed by atoms with E-state index < -0.39 is 0 Å². The van der Waals surface area contributed by atoms with Crippen LogP contribution in [-0.2, 0) is 0 Å². The highest BCUT2D eigenvalue weighted by Crippen LogP contribution is 2.30. The van der Waals surface area contributed by atoms with Crippen molar-refractivity contribution in [2.45, 2.75) is 18.9 Å². The molecule has 3 heteroatoms. The maximum atomic E-state index is 6.17. The Kier molecular flexibility index (Phi) is 4.00. The highest BCUT2D eigenvalue weighted by atomic mass is 32.1. The Labute approximate surface area is 101 Å². The van der Waals surface area contributed by atoms with Crippen LogP contribution in [0.4, 0.5) is 0 Å². The van der Waals surface area contributed by atoms with Gasteiger partial charge in [-0.15, -0.1) is 17.8 Å². The lowest BCUT2D eigenvalue weighted by Gasteiger charge is -2.22. The molecule has 1 atom stereocenters. The third-order valence-corrected chi connectivity index (χ3v) is 3.90. The molecule has 0 bridgehead atoms. The van der Waals surface area contributed by atoms with Crippen molar-refractivity contribution < 1.29 is 0 Å². The SMILES string of the molecule is C#CCN(CC1CC1)CC(N)c1cccs1. The van der Waals surface area contributed by atoms with E-state index in [4.69, 9.17) is 12.2 Å². The van der Waals surface area contributed by atoms with E-state index in [2.05, 4.69) is 22.3 Å². The third-order valence-electron chi connectivity index (χ3n) is 2.89. The molecule has 0 saturated heterocycles. The normalized spacial score (nSPS) is 17.3. The fourth-order valence-electron chi connectivity index (χ4n) is 1.87. The van der Waals surface area contributed by atoms with Crippen LogP contribution in [0.2, 0.25) is 0 Å². The standard InChI is InChI=1S/C13H18N2S/c1-2-7-15(9-11-5-6-11)10-12(14)13-4-3-8-16-13/h1,3-4,8,11-12H,5-7,9-10,14H2. The first-order chi connectivity index (χ1) is 7.79. The highest BCUT2D eigenvalue weighted by Gasteiger charge is 2.25. The molecule has 2 nitrogen and oxygen atoms in total. The van der Waals surface area contributed by atoms with Gasteiger partial charge in [-0.2, -0.15) is 0 Å². The Bertz CT molecular complexity index is 349. The van der Waals surface area contributed by atoms with Crippen molar-refractivity contribution in [3.63, 3.8) is 0 Å². The molecule has 2 rings (SSSR count). The second kappa shape index (κ2) is 5.49. The van der Waals surface area contributed by atoms with Crippen LogP contribution in [0.25, 0.3) is 0 Å². The van der Waals surface area contributed by atoms with Gasteiger partial charge in [-0.25, -0.2) is 0 Å². The zero-order valence-corrected chi connectivity index (χ0v) is 10.2. The molecule has 1 aromatic heterocycles. The van der Waals surface area contributed by atoms with Crippen LogP contribution in [0.1, 0.15) is 23.8 Å². The number of nitrogens with two attached hydrogens (primary N) is 1. The Morgan fingerprint density at radius 1 is 1.62 bits per heavy atom. The number of nitrogens with zero attached hydrogens (tertiary/aromatic N) is 1. The summed E-state index contributed by atoms with van der Waals surface area (Å²) in [5, 5.41) is 2.07. The molecule has 0 aliphatic heterocycles. The lowest BCUT2D eigenvalue weighted by molar-refractivity contribution is 0.278. The second-order valence-corrected chi connectivity index (χ2v) is 5.44. The van der Waals surface area contributed by atoms with Gasteiger partial charge in [-0.1, -0.05) is 12.0 Å². The first-order valence-corrected chi connectivity index (χ1v) is 6.62. The van der Waals surface area contributed by atoms with Gasteiger partial charge >= 0.3 is 0 Å². The quantitative estimate of drug-likeness (QED) is 0.764. The highest BCUT2D eigenvalue weighted by molar-refractivity contribution is 7.10. The van der Waals surface area contributed by atoms with Crippen LogP contribution in [0.15, 0.2) is 17.5 Å². The van der Waals surface area contributed by atoms with Gasteiger partial charge in [0.1, 0.15) is 0 Å². The van der Waals surface area contributed by atoms with Crippen LogP contribution < -0.4 is 5.73 Å². The van der Waals surface area contributed by atoms with Crippen LogP contribution in [0.3, 0.4) is 0 Å². The second-order valence-electron chi connectivity index (χ2n) is 4.46. The van der Waals surface area contributed by atoms with Gasteiger partial charge < -0.3 is 5.73 Å². The molecule has 1 unspecified atom stereocenters. The van der Waals surface area contributed by atoms with Gasteiger partial charge in [0.25, 0.3) is 0 Å². The predicted octanol–water partition coefficient (Wildman–Crippen LogP) is 2.09. The molecule has 2 N–H and O–H groups in total. The number of hydrogen-bond donors (Lipinski definition) is 1.